The molecule has 0 radical (unpaired) electrons. The molecule has 0 saturated heterocycles. The summed E-state index contributed by atoms with van der Waals surface area (Å²) >= 11 is 0. The van der Waals surface area contributed by atoms with E-state index in [0.29, 0.717) is 5.52 Å². The molecule has 3 aromatic rings. The number of hydrogen-bond donors (Lipinski definition) is 1. The molecular weight excluding hydrogens is 343 g/mol. The zero-order valence-corrected chi connectivity index (χ0v) is 13.8. The Morgan fingerprint density at radius 2 is 1.88 bits per heavy atom. The van der Waals surface area contributed by atoms with Gasteiger partial charge >= 0.3 is 6.18 Å². The molecule has 1 atom stereocenters. The third-order valence-electron chi connectivity index (χ3n) is 4.68. The zero-order chi connectivity index (χ0) is 18.3. The highest BCUT2D eigenvalue weighted by Crippen LogP contribution is 2.32. The number of carbonyl (C=O) groups is 1. The number of benzene rings is 2. The number of para-hydroxylation sites is 2. The van der Waals surface area contributed by atoms with Crippen LogP contribution in [0.25, 0.3) is 11.0 Å². The molecule has 0 bridgehead atoms. The molecule has 1 aliphatic carbocycles. The minimum atomic E-state index is -4.63. The molecule has 1 aromatic heterocycles. The number of imidazole rings is 1. The number of carbonyl (C=O) groups excluding carboxylic acids is 1. The summed E-state index contributed by atoms with van der Waals surface area (Å²) in [5, 5.41) is 2.86. The second-order valence-corrected chi connectivity index (χ2v) is 6.37. The number of halogens is 3. The summed E-state index contributed by atoms with van der Waals surface area (Å²) in [6, 6.07) is 13.9. The molecule has 0 aliphatic heterocycles. The lowest BCUT2D eigenvalue weighted by molar-refractivity contribution is -0.147. The zero-order valence-electron chi connectivity index (χ0n) is 13.8. The largest absolute Gasteiger partial charge is 0.449 e. The third-order valence-corrected chi connectivity index (χ3v) is 4.68. The first kappa shape index (κ1) is 16.6. The number of aromatic nitrogens is 2. The Hall–Kier alpha value is -2.83. The van der Waals surface area contributed by atoms with Gasteiger partial charge in [-0.25, -0.2) is 4.98 Å². The Bertz CT molecular complexity index is 978. The quantitative estimate of drug-likeness (QED) is 0.772. The van der Waals surface area contributed by atoms with Gasteiger partial charge < -0.3 is 9.88 Å². The first-order valence-corrected chi connectivity index (χ1v) is 8.33. The summed E-state index contributed by atoms with van der Waals surface area (Å²) in [6.07, 6.45) is -3.02. The summed E-state index contributed by atoms with van der Waals surface area (Å²) in [6.45, 7) is -0.423. The van der Waals surface area contributed by atoms with E-state index in [2.05, 4.69) is 10.3 Å². The molecule has 1 aliphatic rings. The van der Waals surface area contributed by atoms with Crippen molar-refractivity contribution >= 4 is 16.9 Å². The fraction of sp³-hybridized carbons (Fsp3) is 0.263. The van der Waals surface area contributed by atoms with Crippen LogP contribution in [0, 0.1) is 0 Å². The fourth-order valence-corrected chi connectivity index (χ4v) is 3.54. The van der Waals surface area contributed by atoms with Gasteiger partial charge in [0.15, 0.2) is 0 Å². The maximum Gasteiger partial charge on any atom is 0.449 e. The van der Waals surface area contributed by atoms with Crippen LogP contribution in [0.4, 0.5) is 13.2 Å². The van der Waals surface area contributed by atoms with Crippen molar-refractivity contribution in [2.45, 2.75) is 31.6 Å². The van der Waals surface area contributed by atoms with Gasteiger partial charge in [0.2, 0.25) is 11.7 Å². The van der Waals surface area contributed by atoms with Crippen molar-refractivity contribution in [2.24, 2.45) is 0 Å². The molecule has 26 heavy (non-hydrogen) atoms. The van der Waals surface area contributed by atoms with E-state index < -0.39 is 24.5 Å². The maximum atomic E-state index is 13.3. The van der Waals surface area contributed by atoms with Gasteiger partial charge in [-0.3, -0.25) is 4.79 Å². The summed E-state index contributed by atoms with van der Waals surface area (Å²) < 4.78 is 40.9. The Morgan fingerprint density at radius 3 is 2.69 bits per heavy atom. The second kappa shape index (κ2) is 6.16. The molecule has 1 amide bonds. The minimum Gasteiger partial charge on any atom is -0.348 e. The summed E-state index contributed by atoms with van der Waals surface area (Å²) in [7, 11) is 0. The number of aryl methyl sites for hydroxylation is 1. The normalized spacial score (nSPS) is 16.7. The van der Waals surface area contributed by atoms with E-state index in [9.17, 15) is 18.0 Å². The lowest BCUT2D eigenvalue weighted by Crippen LogP contribution is -2.31. The van der Waals surface area contributed by atoms with Gasteiger partial charge in [0, 0.05) is 0 Å². The number of amides is 1. The molecule has 7 heteroatoms. The van der Waals surface area contributed by atoms with Gasteiger partial charge in [-0.1, -0.05) is 36.4 Å². The van der Waals surface area contributed by atoms with Gasteiger partial charge in [0.05, 0.1) is 17.1 Å². The van der Waals surface area contributed by atoms with E-state index >= 15 is 0 Å². The average Bonchev–Trinajstić information content (AvgIpc) is 3.17. The Balaban J connectivity index is 1.60. The number of nitrogens with zero attached hydrogens (tertiary/aromatic N) is 2. The van der Waals surface area contributed by atoms with Gasteiger partial charge in [-0.15, -0.1) is 0 Å². The molecule has 134 valence electrons. The first-order valence-electron chi connectivity index (χ1n) is 8.33. The van der Waals surface area contributed by atoms with E-state index in [4.69, 9.17) is 0 Å². The molecule has 4 nitrogen and oxygen atoms in total. The fourth-order valence-electron chi connectivity index (χ4n) is 3.54. The number of hydrogen-bond acceptors (Lipinski definition) is 2. The molecule has 0 spiro atoms. The summed E-state index contributed by atoms with van der Waals surface area (Å²) in [4.78, 5) is 16.1. The van der Waals surface area contributed by atoms with Crippen LogP contribution in [0.2, 0.25) is 0 Å². The predicted octanol–water partition coefficient (Wildman–Crippen LogP) is 3.86. The molecular formula is C19H16F3N3O. The Labute approximate surface area is 147 Å². The van der Waals surface area contributed by atoms with E-state index in [0.717, 1.165) is 23.0 Å². The number of nitrogens with one attached hydrogen (secondary N) is 1. The predicted molar refractivity (Wildman–Crippen MR) is 90.4 cm³/mol. The van der Waals surface area contributed by atoms with Crippen molar-refractivity contribution in [2.75, 3.05) is 0 Å². The van der Waals surface area contributed by atoms with E-state index in [1.807, 2.05) is 24.3 Å². The highest BCUT2D eigenvalue weighted by atomic mass is 19.4. The van der Waals surface area contributed by atoms with Crippen molar-refractivity contribution in [1.82, 2.24) is 14.9 Å². The van der Waals surface area contributed by atoms with Crippen molar-refractivity contribution in [1.29, 1.82) is 0 Å². The van der Waals surface area contributed by atoms with Gasteiger partial charge in [-0.2, -0.15) is 13.2 Å². The maximum absolute atomic E-state index is 13.3. The molecule has 4 rings (SSSR count). The van der Waals surface area contributed by atoms with Crippen molar-refractivity contribution in [3.63, 3.8) is 0 Å². The van der Waals surface area contributed by atoms with Crippen molar-refractivity contribution in [3.05, 3.63) is 65.5 Å². The highest BCUT2D eigenvalue weighted by molar-refractivity contribution is 5.81. The number of fused-ring (bicyclic) bond motifs is 2. The minimum absolute atomic E-state index is 0.164. The van der Waals surface area contributed by atoms with Gasteiger partial charge in [-0.05, 0) is 36.1 Å². The molecule has 2 aromatic carbocycles. The van der Waals surface area contributed by atoms with Gasteiger partial charge in [0.25, 0.3) is 0 Å². The van der Waals surface area contributed by atoms with Crippen LogP contribution in [0.1, 0.15) is 29.4 Å². The first-order chi connectivity index (χ1) is 12.4. The van der Waals surface area contributed by atoms with E-state index in [1.165, 1.54) is 17.7 Å². The third kappa shape index (κ3) is 2.94. The summed E-state index contributed by atoms with van der Waals surface area (Å²) in [5.41, 5.74) is 2.72. The molecule has 0 saturated carbocycles. The van der Waals surface area contributed by atoms with Crippen LogP contribution in [0.5, 0.6) is 0 Å². The smallest absolute Gasteiger partial charge is 0.348 e. The topological polar surface area (TPSA) is 46.9 Å². The number of alkyl halides is 3. The second-order valence-electron chi connectivity index (χ2n) is 6.37. The highest BCUT2D eigenvalue weighted by Gasteiger charge is 2.38. The van der Waals surface area contributed by atoms with Crippen molar-refractivity contribution < 1.29 is 18.0 Å². The lowest BCUT2D eigenvalue weighted by atomic mass is 10.1. The van der Waals surface area contributed by atoms with E-state index in [1.54, 1.807) is 12.1 Å². The van der Waals surface area contributed by atoms with Crippen LogP contribution < -0.4 is 5.32 Å². The van der Waals surface area contributed by atoms with Crippen molar-refractivity contribution in [3.8, 4) is 0 Å². The van der Waals surface area contributed by atoms with Crippen LogP contribution in [0.15, 0.2) is 48.5 Å². The van der Waals surface area contributed by atoms with E-state index in [-0.39, 0.29) is 11.6 Å². The average molecular weight is 359 g/mol. The van der Waals surface area contributed by atoms with Crippen LogP contribution in [0.3, 0.4) is 0 Å². The monoisotopic (exact) mass is 359 g/mol. The van der Waals surface area contributed by atoms with Crippen LogP contribution in [-0.2, 0) is 23.9 Å². The Morgan fingerprint density at radius 1 is 1.15 bits per heavy atom. The molecule has 0 fully saturated rings. The Kier molecular flexibility index (Phi) is 3.94. The SMILES string of the molecule is O=C(Cn1c(C(F)(F)F)nc2ccccc21)N[C@@H]1CCc2ccccc21. The van der Waals surface area contributed by atoms with Crippen LogP contribution in [-0.4, -0.2) is 15.5 Å². The molecule has 1 heterocycles. The lowest BCUT2D eigenvalue weighted by Gasteiger charge is -2.16. The summed E-state index contributed by atoms with van der Waals surface area (Å²) in [5.74, 6) is -1.51. The molecule has 1 N–H and O–H groups in total. The number of rotatable bonds is 3. The van der Waals surface area contributed by atoms with Crippen LogP contribution >= 0.6 is 0 Å². The standard InChI is InChI=1S/C19H16F3N3O/c20-19(21,22)18-24-15-7-3-4-8-16(15)25(18)11-17(26)23-14-10-9-12-5-1-2-6-13(12)14/h1-8,14H,9-11H2,(H,23,26)/t14-/m1/s1. The van der Waals surface area contributed by atoms with Gasteiger partial charge in [0.1, 0.15) is 6.54 Å². The molecule has 0 unspecified atom stereocenters.